The van der Waals surface area contributed by atoms with Gasteiger partial charge in [-0.3, -0.25) is 0 Å². The average molecular weight is 493 g/mol. The van der Waals surface area contributed by atoms with E-state index in [1.807, 2.05) is 0 Å². The number of nitrogens with zero attached hydrogens (tertiary/aromatic N) is 2. The van der Waals surface area contributed by atoms with Crippen molar-refractivity contribution in [3.8, 4) is 16.8 Å². The average Bonchev–Trinajstić information content (AvgIpc) is 3.48. The zero-order chi connectivity index (χ0) is 25.6. The lowest BCUT2D eigenvalue weighted by molar-refractivity contribution is 0.509. The second-order valence-corrected chi connectivity index (χ2v) is 10.5. The predicted molar refractivity (Wildman–Crippen MR) is 163 cm³/mol. The fourth-order valence-corrected chi connectivity index (χ4v) is 6.29. The van der Waals surface area contributed by atoms with E-state index in [9.17, 15) is 0 Å². The van der Waals surface area contributed by atoms with Crippen LogP contribution >= 0.6 is 0 Å². The van der Waals surface area contributed by atoms with Crippen molar-refractivity contribution in [1.29, 1.82) is 0 Å². The Morgan fingerprint density at radius 2 is 1.08 bits per heavy atom. The summed E-state index contributed by atoms with van der Waals surface area (Å²) in [6, 6.07) is 42.8. The molecule has 5 aromatic carbocycles. The van der Waals surface area contributed by atoms with Crippen LogP contribution in [0, 0.1) is 0 Å². The van der Waals surface area contributed by atoms with E-state index in [0.717, 1.165) is 0 Å². The summed E-state index contributed by atoms with van der Waals surface area (Å²) in [5.74, 6) is 0. The van der Waals surface area contributed by atoms with Gasteiger partial charge in [0.25, 0.3) is 0 Å². The quantitative estimate of drug-likeness (QED) is 0.218. The summed E-state index contributed by atoms with van der Waals surface area (Å²) in [5.41, 5.74) is 8.86. The van der Waals surface area contributed by atoms with Crippen LogP contribution in [0.1, 0.15) is 39.2 Å². The lowest BCUT2D eigenvalue weighted by atomic mass is 10.0. The molecule has 38 heavy (non-hydrogen) atoms. The molecule has 2 heterocycles. The molecule has 186 valence electrons. The maximum Gasteiger partial charge on any atom is 0.0541 e. The van der Waals surface area contributed by atoms with E-state index < -0.39 is 0 Å². The maximum absolute atomic E-state index is 2.56. The Morgan fingerprint density at radius 3 is 1.79 bits per heavy atom. The summed E-state index contributed by atoms with van der Waals surface area (Å²) in [5, 5.41) is 5.26. The number of benzene rings is 5. The van der Waals surface area contributed by atoms with Gasteiger partial charge in [0, 0.05) is 44.3 Å². The molecule has 0 saturated heterocycles. The van der Waals surface area contributed by atoms with E-state index in [1.165, 1.54) is 79.7 Å². The van der Waals surface area contributed by atoms with Crippen LogP contribution < -0.4 is 0 Å². The Bertz CT molecular complexity index is 1920. The highest BCUT2D eigenvalue weighted by Crippen LogP contribution is 2.38. The van der Waals surface area contributed by atoms with Crippen molar-refractivity contribution >= 4 is 43.6 Å². The molecule has 0 aliphatic rings. The number of hydrogen-bond acceptors (Lipinski definition) is 0. The summed E-state index contributed by atoms with van der Waals surface area (Å²) in [4.78, 5) is 0. The Labute approximate surface area is 223 Å². The molecule has 2 aromatic heterocycles. The van der Waals surface area contributed by atoms with Gasteiger partial charge in [-0.2, -0.15) is 0 Å². The molecule has 0 spiro atoms. The van der Waals surface area contributed by atoms with Crippen LogP contribution in [0.15, 0.2) is 115 Å². The molecule has 0 radical (unpaired) electrons. The van der Waals surface area contributed by atoms with E-state index in [0.29, 0.717) is 6.04 Å². The third kappa shape index (κ3) is 3.55. The SMILES string of the molecule is CCCC[C@H](C)n1c2ccccc2c2cc(-c3ccc4c(c3)c3ccccc3n4-c3ccccc3)ccc21. The van der Waals surface area contributed by atoms with Crippen molar-refractivity contribution in [2.75, 3.05) is 0 Å². The van der Waals surface area contributed by atoms with Crippen LogP contribution in [0.25, 0.3) is 60.4 Å². The molecule has 7 aromatic rings. The van der Waals surface area contributed by atoms with Crippen molar-refractivity contribution in [2.24, 2.45) is 0 Å². The summed E-state index contributed by atoms with van der Waals surface area (Å²) >= 11 is 0. The fraction of sp³-hybridized carbons (Fsp3) is 0.167. The molecular weight excluding hydrogens is 460 g/mol. The smallest absolute Gasteiger partial charge is 0.0541 e. The first-order valence-corrected chi connectivity index (χ1v) is 13.9. The monoisotopic (exact) mass is 492 g/mol. The predicted octanol–water partition coefficient (Wildman–Crippen LogP) is 10.3. The molecule has 0 N–H and O–H groups in total. The molecule has 7 rings (SSSR count). The van der Waals surface area contributed by atoms with E-state index in [4.69, 9.17) is 0 Å². The summed E-state index contributed by atoms with van der Waals surface area (Å²) in [7, 11) is 0. The summed E-state index contributed by atoms with van der Waals surface area (Å²) in [6.07, 6.45) is 3.69. The number of hydrogen-bond donors (Lipinski definition) is 0. The van der Waals surface area contributed by atoms with Gasteiger partial charge in [-0.15, -0.1) is 0 Å². The molecule has 0 bridgehead atoms. The molecule has 0 saturated carbocycles. The number of fused-ring (bicyclic) bond motifs is 6. The number of para-hydroxylation sites is 3. The minimum Gasteiger partial charge on any atom is -0.338 e. The summed E-state index contributed by atoms with van der Waals surface area (Å²) < 4.78 is 4.93. The van der Waals surface area contributed by atoms with Gasteiger partial charge < -0.3 is 9.13 Å². The maximum atomic E-state index is 2.56. The zero-order valence-electron chi connectivity index (χ0n) is 22.1. The van der Waals surface area contributed by atoms with Gasteiger partial charge in [0.2, 0.25) is 0 Å². The summed E-state index contributed by atoms with van der Waals surface area (Å²) in [6.45, 7) is 4.64. The van der Waals surface area contributed by atoms with Gasteiger partial charge >= 0.3 is 0 Å². The first-order chi connectivity index (χ1) is 18.7. The fourth-order valence-electron chi connectivity index (χ4n) is 6.29. The van der Waals surface area contributed by atoms with Crippen molar-refractivity contribution in [3.05, 3.63) is 115 Å². The highest BCUT2D eigenvalue weighted by atomic mass is 15.0. The topological polar surface area (TPSA) is 9.86 Å². The Hall–Kier alpha value is -4.30. The minimum atomic E-state index is 0.476. The largest absolute Gasteiger partial charge is 0.338 e. The molecule has 0 aliphatic heterocycles. The highest BCUT2D eigenvalue weighted by Gasteiger charge is 2.17. The van der Waals surface area contributed by atoms with Gasteiger partial charge in [0.1, 0.15) is 0 Å². The van der Waals surface area contributed by atoms with E-state index in [1.54, 1.807) is 0 Å². The number of aromatic nitrogens is 2. The molecule has 0 amide bonds. The Balaban J connectivity index is 1.42. The van der Waals surface area contributed by atoms with Crippen molar-refractivity contribution in [3.63, 3.8) is 0 Å². The van der Waals surface area contributed by atoms with Gasteiger partial charge in [-0.1, -0.05) is 86.5 Å². The van der Waals surface area contributed by atoms with E-state index >= 15 is 0 Å². The van der Waals surface area contributed by atoms with Crippen LogP contribution in [0.2, 0.25) is 0 Å². The van der Waals surface area contributed by atoms with Gasteiger partial charge in [-0.25, -0.2) is 0 Å². The third-order valence-corrected chi connectivity index (χ3v) is 8.15. The van der Waals surface area contributed by atoms with Gasteiger partial charge in [0.15, 0.2) is 0 Å². The van der Waals surface area contributed by atoms with E-state index in [2.05, 4.69) is 138 Å². The molecule has 1 atom stereocenters. The van der Waals surface area contributed by atoms with E-state index in [-0.39, 0.29) is 0 Å². The van der Waals surface area contributed by atoms with Crippen LogP contribution in [0.4, 0.5) is 0 Å². The van der Waals surface area contributed by atoms with Crippen molar-refractivity contribution in [1.82, 2.24) is 9.13 Å². The Kier molecular flexibility index (Phi) is 5.55. The van der Waals surface area contributed by atoms with Crippen LogP contribution in [-0.2, 0) is 0 Å². The lowest BCUT2D eigenvalue weighted by Gasteiger charge is -2.16. The molecule has 0 unspecified atom stereocenters. The molecule has 0 fully saturated rings. The van der Waals surface area contributed by atoms with Gasteiger partial charge in [-0.05, 0) is 73.0 Å². The van der Waals surface area contributed by atoms with Crippen LogP contribution in [-0.4, -0.2) is 9.13 Å². The molecular formula is C36H32N2. The molecule has 0 aliphatic carbocycles. The molecule has 2 nitrogen and oxygen atoms in total. The van der Waals surface area contributed by atoms with Crippen molar-refractivity contribution in [2.45, 2.75) is 39.2 Å². The third-order valence-electron chi connectivity index (χ3n) is 8.15. The van der Waals surface area contributed by atoms with Crippen LogP contribution in [0.3, 0.4) is 0 Å². The van der Waals surface area contributed by atoms with Crippen LogP contribution in [0.5, 0.6) is 0 Å². The molecule has 2 heteroatoms. The second-order valence-electron chi connectivity index (χ2n) is 10.5. The van der Waals surface area contributed by atoms with Gasteiger partial charge in [0.05, 0.1) is 11.0 Å². The first kappa shape index (κ1) is 22.9. The second kappa shape index (κ2) is 9.22. The minimum absolute atomic E-state index is 0.476. The number of unbranched alkanes of at least 4 members (excludes halogenated alkanes) is 1. The van der Waals surface area contributed by atoms with Crippen molar-refractivity contribution < 1.29 is 0 Å². The number of rotatable bonds is 6. The lowest BCUT2D eigenvalue weighted by Crippen LogP contribution is -2.04. The Morgan fingerprint density at radius 1 is 0.553 bits per heavy atom. The normalized spacial score (nSPS) is 12.7. The standard InChI is InChI=1S/C36H32N2/c1-3-4-12-25(2)37-33-17-10-8-15-29(33)31-23-26(19-21-35(31)37)27-20-22-36-32(24-27)30-16-9-11-18-34(30)38(36)28-13-6-5-7-14-28/h5-11,13-25H,3-4,12H2,1-2H3/t25-/m0/s1. The first-order valence-electron chi connectivity index (χ1n) is 13.9. The zero-order valence-corrected chi connectivity index (χ0v) is 22.1. The highest BCUT2D eigenvalue weighted by molar-refractivity contribution is 6.12.